The molecule has 0 atom stereocenters. The van der Waals surface area contributed by atoms with Crippen LogP contribution in [-0.4, -0.2) is 25.7 Å². The van der Waals surface area contributed by atoms with Crippen LogP contribution in [0.4, 0.5) is 0 Å². The zero-order chi connectivity index (χ0) is 20.0. The lowest BCUT2D eigenvalue weighted by Gasteiger charge is -2.05. The van der Waals surface area contributed by atoms with E-state index < -0.39 is 0 Å². The van der Waals surface area contributed by atoms with Crippen molar-refractivity contribution in [2.45, 2.75) is 122 Å². The number of unbranched alkanes of at least 4 members (excludes halogenated alkanes) is 14. The van der Waals surface area contributed by atoms with Gasteiger partial charge in [0.2, 0.25) is 0 Å². The van der Waals surface area contributed by atoms with Crippen molar-refractivity contribution in [3.8, 4) is 0 Å². The zero-order valence-corrected chi connectivity index (χ0v) is 18.1. The van der Waals surface area contributed by atoms with E-state index in [1.807, 2.05) is 0 Å². The highest BCUT2D eigenvalue weighted by molar-refractivity contribution is 5.69. The van der Waals surface area contributed by atoms with Gasteiger partial charge in [-0.3, -0.25) is 9.59 Å². The minimum atomic E-state index is -0.107. The number of hydrogen-bond donors (Lipinski definition) is 0. The number of hydrogen-bond acceptors (Lipinski definition) is 4. The van der Waals surface area contributed by atoms with E-state index in [2.05, 4.69) is 11.7 Å². The van der Waals surface area contributed by atoms with Crippen molar-refractivity contribution < 1.29 is 19.1 Å². The molecule has 0 rings (SSSR count). The maximum absolute atomic E-state index is 11.7. The molecule has 0 radical (unpaired) electrons. The highest BCUT2D eigenvalue weighted by Crippen LogP contribution is 2.12. The number of esters is 2. The maximum Gasteiger partial charge on any atom is 0.305 e. The second-order valence-corrected chi connectivity index (χ2v) is 7.60. The molecule has 0 aromatic rings. The molecule has 0 aromatic heterocycles. The van der Waals surface area contributed by atoms with Gasteiger partial charge >= 0.3 is 11.9 Å². The zero-order valence-electron chi connectivity index (χ0n) is 18.1. The summed E-state index contributed by atoms with van der Waals surface area (Å²) in [5.74, 6) is -0.134. The molecule has 4 nitrogen and oxygen atoms in total. The molecular formula is C23H44O4. The van der Waals surface area contributed by atoms with Gasteiger partial charge in [-0.1, -0.05) is 90.4 Å². The van der Waals surface area contributed by atoms with Crippen LogP contribution in [0.15, 0.2) is 0 Å². The number of methoxy groups -OCH3 is 1. The molecule has 0 unspecified atom stereocenters. The number of rotatable bonds is 20. The summed E-state index contributed by atoms with van der Waals surface area (Å²) in [7, 11) is 1.44. The fourth-order valence-corrected chi connectivity index (χ4v) is 3.20. The van der Waals surface area contributed by atoms with Crippen LogP contribution in [-0.2, 0) is 19.1 Å². The quantitative estimate of drug-likeness (QED) is 0.172. The Morgan fingerprint density at radius 3 is 1.44 bits per heavy atom. The Balaban J connectivity index is 3.18. The molecule has 0 aliphatic heterocycles. The summed E-state index contributed by atoms with van der Waals surface area (Å²) in [6, 6.07) is 0. The normalized spacial score (nSPS) is 10.7. The first-order valence-electron chi connectivity index (χ1n) is 11.4. The van der Waals surface area contributed by atoms with Crippen molar-refractivity contribution in [2.75, 3.05) is 13.7 Å². The molecule has 27 heavy (non-hydrogen) atoms. The third-order valence-electron chi connectivity index (χ3n) is 5.00. The van der Waals surface area contributed by atoms with Gasteiger partial charge in [0.25, 0.3) is 0 Å². The fraction of sp³-hybridized carbons (Fsp3) is 0.913. The number of carbonyl (C=O) groups excluding carboxylic acids is 2. The van der Waals surface area contributed by atoms with Crippen LogP contribution in [0.5, 0.6) is 0 Å². The molecule has 160 valence electrons. The lowest BCUT2D eigenvalue weighted by atomic mass is 10.1. The van der Waals surface area contributed by atoms with Gasteiger partial charge in [-0.15, -0.1) is 0 Å². The van der Waals surface area contributed by atoms with Gasteiger partial charge in [-0.25, -0.2) is 0 Å². The van der Waals surface area contributed by atoms with Crippen molar-refractivity contribution in [1.29, 1.82) is 0 Å². The standard InChI is InChI=1S/C23H44O4/c1-3-4-5-6-7-12-15-18-21-27-23(25)20-17-14-11-9-8-10-13-16-19-22(24)26-2/h3-21H2,1-2H3. The summed E-state index contributed by atoms with van der Waals surface area (Å²) in [5, 5.41) is 0. The van der Waals surface area contributed by atoms with E-state index in [4.69, 9.17) is 4.74 Å². The number of ether oxygens (including phenoxy) is 2. The molecular weight excluding hydrogens is 340 g/mol. The van der Waals surface area contributed by atoms with E-state index in [9.17, 15) is 9.59 Å². The molecule has 0 heterocycles. The average Bonchev–Trinajstić information content (AvgIpc) is 2.67. The summed E-state index contributed by atoms with van der Waals surface area (Å²) >= 11 is 0. The van der Waals surface area contributed by atoms with E-state index in [0.29, 0.717) is 19.4 Å². The Labute approximate surface area is 167 Å². The highest BCUT2D eigenvalue weighted by atomic mass is 16.5. The summed E-state index contributed by atoms with van der Waals surface area (Å²) in [6.07, 6.45) is 20.1. The van der Waals surface area contributed by atoms with E-state index in [1.165, 1.54) is 77.7 Å². The smallest absolute Gasteiger partial charge is 0.305 e. The predicted octanol–water partition coefficient (Wildman–Crippen LogP) is 6.74. The fourth-order valence-electron chi connectivity index (χ4n) is 3.20. The molecule has 0 saturated carbocycles. The first kappa shape index (κ1) is 25.9. The molecule has 0 aromatic carbocycles. The summed E-state index contributed by atoms with van der Waals surface area (Å²) in [6.45, 7) is 2.84. The van der Waals surface area contributed by atoms with Crippen molar-refractivity contribution >= 4 is 11.9 Å². The van der Waals surface area contributed by atoms with E-state index in [0.717, 1.165) is 32.1 Å². The lowest BCUT2D eigenvalue weighted by Crippen LogP contribution is -2.05. The maximum atomic E-state index is 11.7. The Kier molecular flexibility index (Phi) is 20.4. The van der Waals surface area contributed by atoms with Crippen LogP contribution in [0, 0.1) is 0 Å². The van der Waals surface area contributed by atoms with Gasteiger partial charge in [-0.05, 0) is 19.3 Å². The molecule has 0 amide bonds. The topological polar surface area (TPSA) is 52.6 Å². The second-order valence-electron chi connectivity index (χ2n) is 7.60. The molecule has 0 aliphatic carbocycles. The van der Waals surface area contributed by atoms with Crippen LogP contribution < -0.4 is 0 Å². The molecule has 0 aliphatic rings. The molecule has 4 heteroatoms. The van der Waals surface area contributed by atoms with Crippen LogP contribution in [0.2, 0.25) is 0 Å². The van der Waals surface area contributed by atoms with Gasteiger partial charge in [-0.2, -0.15) is 0 Å². The van der Waals surface area contributed by atoms with E-state index in [-0.39, 0.29) is 11.9 Å². The highest BCUT2D eigenvalue weighted by Gasteiger charge is 2.03. The van der Waals surface area contributed by atoms with Gasteiger partial charge in [0.1, 0.15) is 0 Å². The molecule has 0 fully saturated rings. The van der Waals surface area contributed by atoms with Gasteiger partial charge in [0.05, 0.1) is 13.7 Å². The third kappa shape index (κ3) is 21.1. The third-order valence-corrected chi connectivity index (χ3v) is 5.00. The second kappa shape index (κ2) is 21.2. The minimum absolute atomic E-state index is 0.0271. The Morgan fingerprint density at radius 2 is 0.963 bits per heavy atom. The monoisotopic (exact) mass is 384 g/mol. The summed E-state index contributed by atoms with van der Waals surface area (Å²) in [4.78, 5) is 22.6. The first-order valence-corrected chi connectivity index (χ1v) is 11.4. The van der Waals surface area contributed by atoms with Crippen molar-refractivity contribution in [3.63, 3.8) is 0 Å². The summed E-state index contributed by atoms with van der Waals surface area (Å²) < 4.78 is 9.93. The predicted molar refractivity (Wildman–Crippen MR) is 112 cm³/mol. The van der Waals surface area contributed by atoms with Gasteiger partial charge in [0.15, 0.2) is 0 Å². The van der Waals surface area contributed by atoms with E-state index in [1.54, 1.807) is 0 Å². The van der Waals surface area contributed by atoms with Gasteiger partial charge in [0, 0.05) is 12.8 Å². The summed E-state index contributed by atoms with van der Waals surface area (Å²) in [5.41, 5.74) is 0. The number of carbonyl (C=O) groups is 2. The minimum Gasteiger partial charge on any atom is -0.469 e. The first-order chi connectivity index (χ1) is 13.2. The molecule has 0 bridgehead atoms. The lowest BCUT2D eigenvalue weighted by molar-refractivity contribution is -0.144. The van der Waals surface area contributed by atoms with Crippen LogP contribution in [0.25, 0.3) is 0 Å². The molecule has 0 saturated heterocycles. The van der Waals surface area contributed by atoms with Crippen LogP contribution in [0.1, 0.15) is 122 Å². The largest absolute Gasteiger partial charge is 0.469 e. The van der Waals surface area contributed by atoms with Gasteiger partial charge < -0.3 is 9.47 Å². The molecule has 0 spiro atoms. The van der Waals surface area contributed by atoms with Crippen LogP contribution in [0.3, 0.4) is 0 Å². The van der Waals surface area contributed by atoms with E-state index >= 15 is 0 Å². The molecule has 0 N–H and O–H groups in total. The van der Waals surface area contributed by atoms with Crippen LogP contribution >= 0.6 is 0 Å². The van der Waals surface area contributed by atoms with Crippen molar-refractivity contribution in [1.82, 2.24) is 0 Å². The van der Waals surface area contributed by atoms with Crippen molar-refractivity contribution in [2.24, 2.45) is 0 Å². The Morgan fingerprint density at radius 1 is 0.556 bits per heavy atom. The Bertz CT molecular complexity index is 341. The Hall–Kier alpha value is -1.06. The van der Waals surface area contributed by atoms with Crippen molar-refractivity contribution in [3.05, 3.63) is 0 Å². The average molecular weight is 385 g/mol. The SMILES string of the molecule is CCCCCCCCCCOC(=O)CCCCCCCCCCC(=O)OC.